The molecule has 0 saturated heterocycles. The number of halogens is 1. The van der Waals surface area contributed by atoms with E-state index in [2.05, 4.69) is 9.35 Å². The van der Waals surface area contributed by atoms with Crippen molar-refractivity contribution in [1.29, 1.82) is 0 Å². The second-order valence-electron chi connectivity index (χ2n) is 4.84. The van der Waals surface area contributed by atoms with Crippen molar-refractivity contribution in [3.05, 3.63) is 50.4 Å². The molecule has 4 nitrogen and oxygen atoms in total. The van der Waals surface area contributed by atoms with E-state index in [1.54, 1.807) is 19.1 Å². The Morgan fingerprint density at radius 3 is 2.48 bits per heavy atom. The maximum absolute atomic E-state index is 12.5. The molecule has 112 valence electrons. The van der Waals surface area contributed by atoms with Crippen molar-refractivity contribution >= 4 is 38.6 Å². The molecular formula is C14H15ClN2O2S2. The summed E-state index contributed by atoms with van der Waals surface area (Å²) >= 11 is 7.10. The molecule has 1 aromatic heterocycles. The van der Waals surface area contributed by atoms with Gasteiger partial charge in [0.05, 0.1) is 21.2 Å². The first-order valence-electron chi connectivity index (χ1n) is 6.19. The Kier molecular flexibility index (Phi) is 4.81. The molecule has 0 aliphatic carbocycles. The Hall–Kier alpha value is -1.24. The number of aryl methyl sites for hydroxylation is 2. The second kappa shape index (κ2) is 6.25. The zero-order valence-corrected chi connectivity index (χ0v) is 14.3. The summed E-state index contributed by atoms with van der Waals surface area (Å²) in [6, 6.07) is 7.03. The minimum Gasteiger partial charge on any atom is -0.266 e. The van der Waals surface area contributed by atoms with Gasteiger partial charge < -0.3 is 0 Å². The Bertz CT molecular complexity index is 788. The number of nitrogens with zero attached hydrogens (tertiary/aromatic N) is 2. The van der Waals surface area contributed by atoms with Gasteiger partial charge in [0.15, 0.2) is 4.47 Å². The van der Waals surface area contributed by atoms with E-state index in [1.807, 2.05) is 19.1 Å². The molecule has 21 heavy (non-hydrogen) atoms. The SMILES string of the molecule is Cc1ccc(C(=O)N=S(C)(=O)Cc2sc(Cl)nc2C)cc1. The molecule has 0 radical (unpaired) electrons. The average molecular weight is 343 g/mol. The number of rotatable bonds is 3. The summed E-state index contributed by atoms with van der Waals surface area (Å²) in [5.41, 5.74) is 2.23. The van der Waals surface area contributed by atoms with Gasteiger partial charge in [-0.1, -0.05) is 29.3 Å². The van der Waals surface area contributed by atoms with Gasteiger partial charge in [0.2, 0.25) is 0 Å². The van der Waals surface area contributed by atoms with E-state index < -0.39 is 15.6 Å². The summed E-state index contributed by atoms with van der Waals surface area (Å²) in [5, 5.41) is 0. The molecule has 0 saturated carbocycles. The molecule has 0 aliphatic heterocycles. The highest BCUT2D eigenvalue weighted by atomic mass is 35.5. The van der Waals surface area contributed by atoms with Crippen LogP contribution in [0.2, 0.25) is 4.47 Å². The van der Waals surface area contributed by atoms with Crippen molar-refractivity contribution in [2.45, 2.75) is 19.6 Å². The fraction of sp³-hybridized carbons (Fsp3) is 0.286. The molecule has 1 amide bonds. The van der Waals surface area contributed by atoms with Gasteiger partial charge in [-0.15, -0.1) is 11.3 Å². The van der Waals surface area contributed by atoms with Crippen molar-refractivity contribution in [3.63, 3.8) is 0 Å². The van der Waals surface area contributed by atoms with Gasteiger partial charge in [-0.2, -0.15) is 4.36 Å². The minimum absolute atomic E-state index is 0.181. The van der Waals surface area contributed by atoms with Crippen LogP contribution in [-0.2, 0) is 15.5 Å². The summed E-state index contributed by atoms with van der Waals surface area (Å²) in [6.45, 7) is 3.74. The van der Waals surface area contributed by atoms with Crippen LogP contribution in [0.4, 0.5) is 0 Å². The number of amides is 1. The number of hydrogen-bond donors (Lipinski definition) is 0. The second-order valence-corrected chi connectivity index (χ2v) is 8.90. The van der Waals surface area contributed by atoms with E-state index in [9.17, 15) is 9.00 Å². The van der Waals surface area contributed by atoms with Crippen LogP contribution in [-0.4, -0.2) is 21.4 Å². The van der Waals surface area contributed by atoms with Gasteiger partial charge in [-0.25, -0.2) is 9.19 Å². The molecular weight excluding hydrogens is 328 g/mol. The standard InChI is InChI=1S/C14H15ClN2O2S2/c1-9-4-6-11(7-5-9)13(18)17-21(3,19)8-12-10(2)16-14(15)20-12/h4-7H,8H2,1-3H3. The Morgan fingerprint density at radius 2 is 1.95 bits per heavy atom. The molecule has 1 atom stereocenters. The molecule has 1 heterocycles. The number of benzene rings is 1. The molecule has 1 aromatic carbocycles. The summed E-state index contributed by atoms with van der Waals surface area (Å²) in [4.78, 5) is 16.9. The number of carbonyl (C=O) groups excluding carboxylic acids is 1. The summed E-state index contributed by atoms with van der Waals surface area (Å²) in [6.07, 6.45) is 1.48. The van der Waals surface area contributed by atoms with Crippen molar-refractivity contribution in [2.24, 2.45) is 4.36 Å². The highest BCUT2D eigenvalue weighted by molar-refractivity contribution is 7.92. The zero-order valence-electron chi connectivity index (χ0n) is 11.9. The van der Waals surface area contributed by atoms with E-state index in [0.717, 1.165) is 16.1 Å². The number of aromatic nitrogens is 1. The smallest absolute Gasteiger partial charge is 0.266 e. The van der Waals surface area contributed by atoms with Crippen molar-refractivity contribution in [1.82, 2.24) is 4.98 Å². The maximum Gasteiger partial charge on any atom is 0.285 e. The minimum atomic E-state index is -2.66. The predicted octanol–water partition coefficient (Wildman–Crippen LogP) is 3.85. The lowest BCUT2D eigenvalue weighted by Crippen LogP contribution is -2.06. The molecule has 7 heteroatoms. The highest BCUT2D eigenvalue weighted by Gasteiger charge is 2.14. The summed E-state index contributed by atoms with van der Waals surface area (Å²) < 4.78 is 16.8. The normalized spacial score (nSPS) is 13.7. The molecule has 0 aliphatic rings. The Labute approximate surface area is 133 Å². The topological polar surface area (TPSA) is 59.4 Å². The van der Waals surface area contributed by atoms with E-state index in [-0.39, 0.29) is 5.75 Å². The fourth-order valence-electron chi connectivity index (χ4n) is 1.73. The van der Waals surface area contributed by atoms with Crippen molar-refractivity contribution in [2.75, 3.05) is 6.26 Å². The average Bonchev–Trinajstić information content (AvgIpc) is 2.67. The van der Waals surface area contributed by atoms with Crippen LogP contribution < -0.4 is 0 Å². The van der Waals surface area contributed by atoms with Crippen LogP contribution in [0.15, 0.2) is 28.6 Å². The molecule has 0 fully saturated rings. The summed E-state index contributed by atoms with van der Waals surface area (Å²) in [7, 11) is -2.66. The van der Waals surface area contributed by atoms with Crippen LogP contribution in [0.3, 0.4) is 0 Å². The van der Waals surface area contributed by atoms with E-state index in [1.165, 1.54) is 17.6 Å². The van der Waals surface area contributed by atoms with Gasteiger partial charge >= 0.3 is 0 Å². The van der Waals surface area contributed by atoms with Crippen LogP contribution in [0.5, 0.6) is 0 Å². The third kappa shape index (κ3) is 4.36. The molecule has 1 unspecified atom stereocenters. The van der Waals surface area contributed by atoms with E-state index >= 15 is 0 Å². The maximum atomic E-state index is 12.5. The van der Waals surface area contributed by atoms with Crippen molar-refractivity contribution in [3.8, 4) is 0 Å². The lowest BCUT2D eigenvalue weighted by atomic mass is 10.1. The molecule has 2 aromatic rings. The van der Waals surface area contributed by atoms with Gasteiger partial charge in [0.25, 0.3) is 5.91 Å². The Morgan fingerprint density at radius 1 is 1.33 bits per heavy atom. The Balaban J connectivity index is 2.26. The zero-order chi connectivity index (χ0) is 15.6. The van der Waals surface area contributed by atoms with Crippen LogP contribution in [0, 0.1) is 13.8 Å². The molecule has 0 bridgehead atoms. The first-order valence-corrected chi connectivity index (χ1v) is 9.48. The largest absolute Gasteiger partial charge is 0.285 e. The van der Waals surface area contributed by atoms with Gasteiger partial charge in [-0.3, -0.25) is 4.79 Å². The number of carbonyl (C=O) groups is 1. The van der Waals surface area contributed by atoms with Gasteiger partial charge in [-0.05, 0) is 26.0 Å². The number of hydrogen-bond acceptors (Lipinski definition) is 4. The highest BCUT2D eigenvalue weighted by Crippen LogP contribution is 2.24. The van der Waals surface area contributed by atoms with Crippen LogP contribution in [0.1, 0.15) is 26.5 Å². The third-order valence-corrected chi connectivity index (χ3v) is 5.66. The summed E-state index contributed by atoms with van der Waals surface area (Å²) in [5.74, 6) is -0.281. The fourth-order valence-corrected chi connectivity index (χ4v) is 4.82. The van der Waals surface area contributed by atoms with Gasteiger partial charge in [0, 0.05) is 16.7 Å². The molecule has 0 spiro atoms. The molecule has 0 N–H and O–H groups in total. The van der Waals surface area contributed by atoms with E-state index in [0.29, 0.717) is 10.0 Å². The third-order valence-electron chi connectivity index (χ3n) is 2.84. The first kappa shape index (κ1) is 16.1. The van der Waals surface area contributed by atoms with Crippen LogP contribution >= 0.6 is 22.9 Å². The predicted molar refractivity (Wildman–Crippen MR) is 87.6 cm³/mol. The van der Waals surface area contributed by atoms with Crippen molar-refractivity contribution < 1.29 is 9.00 Å². The van der Waals surface area contributed by atoms with Crippen LogP contribution in [0.25, 0.3) is 0 Å². The van der Waals surface area contributed by atoms with Gasteiger partial charge in [0.1, 0.15) is 0 Å². The lowest BCUT2D eigenvalue weighted by molar-refractivity contribution is 0.100. The van der Waals surface area contributed by atoms with E-state index in [4.69, 9.17) is 11.6 Å². The first-order chi connectivity index (χ1) is 9.77. The monoisotopic (exact) mass is 342 g/mol. The molecule has 2 rings (SSSR count). The quantitative estimate of drug-likeness (QED) is 0.851. The number of thiazole rings is 1. The lowest BCUT2D eigenvalue weighted by Gasteiger charge is -2.03.